The molecule has 1 fully saturated rings. The van der Waals surface area contributed by atoms with E-state index in [0.717, 1.165) is 32.6 Å². The van der Waals surface area contributed by atoms with E-state index in [-0.39, 0.29) is 6.04 Å². The topological polar surface area (TPSA) is 49.8 Å². The normalized spacial score (nSPS) is 20.5. The van der Waals surface area contributed by atoms with Gasteiger partial charge in [-0.1, -0.05) is 13.8 Å². The Morgan fingerprint density at radius 2 is 2.07 bits per heavy atom. The van der Waals surface area contributed by atoms with Gasteiger partial charge >= 0.3 is 5.97 Å². The summed E-state index contributed by atoms with van der Waals surface area (Å²) in [6.07, 6.45) is 2.58. The number of rotatable bonds is 5. The van der Waals surface area contributed by atoms with Gasteiger partial charge < -0.3 is 9.84 Å². The number of nitrogens with zero attached hydrogens (tertiary/aromatic N) is 1. The average molecular weight is 215 g/mol. The van der Waals surface area contributed by atoms with Crippen molar-refractivity contribution in [3.05, 3.63) is 0 Å². The lowest BCUT2D eigenvalue weighted by Crippen LogP contribution is -2.48. The molecule has 0 aliphatic carbocycles. The molecule has 1 aliphatic heterocycles. The summed E-state index contributed by atoms with van der Waals surface area (Å²) >= 11 is 0. The Balaban J connectivity index is 2.62. The van der Waals surface area contributed by atoms with Crippen LogP contribution < -0.4 is 0 Å². The zero-order valence-corrected chi connectivity index (χ0v) is 9.61. The molecule has 0 aromatic carbocycles. The fourth-order valence-corrected chi connectivity index (χ4v) is 2.30. The lowest BCUT2D eigenvalue weighted by molar-refractivity contribution is -0.145. The van der Waals surface area contributed by atoms with Crippen molar-refractivity contribution in [3.8, 4) is 0 Å². The predicted octanol–water partition coefficient (Wildman–Crippen LogP) is 1.35. The van der Waals surface area contributed by atoms with Gasteiger partial charge in [0.15, 0.2) is 0 Å². The van der Waals surface area contributed by atoms with Crippen molar-refractivity contribution in [2.45, 2.75) is 45.2 Å². The number of hydrogen-bond acceptors (Lipinski definition) is 3. The minimum Gasteiger partial charge on any atom is -0.480 e. The largest absolute Gasteiger partial charge is 0.480 e. The Morgan fingerprint density at radius 3 is 2.47 bits per heavy atom. The van der Waals surface area contributed by atoms with Crippen LogP contribution in [0.5, 0.6) is 0 Å². The molecule has 0 bridgehead atoms. The molecule has 0 aromatic heterocycles. The number of hydrogen-bond donors (Lipinski definition) is 1. The van der Waals surface area contributed by atoms with Crippen LogP contribution in [-0.2, 0) is 9.53 Å². The molecule has 1 N–H and O–H groups in total. The zero-order chi connectivity index (χ0) is 11.3. The molecule has 0 spiro atoms. The summed E-state index contributed by atoms with van der Waals surface area (Å²) in [5, 5.41) is 9.13. The van der Waals surface area contributed by atoms with Crippen LogP contribution in [0.2, 0.25) is 0 Å². The van der Waals surface area contributed by atoms with Crippen LogP contribution in [0.25, 0.3) is 0 Å². The van der Waals surface area contributed by atoms with E-state index in [0.29, 0.717) is 12.5 Å². The van der Waals surface area contributed by atoms with Gasteiger partial charge in [-0.3, -0.25) is 9.69 Å². The number of likely N-dealkylation sites (N-methyl/N-ethyl adjacent to an activating group) is 1. The SMILES string of the molecule is CC[C@H](C(=O)O)N(CC)C1CCOCC1. The molecular weight excluding hydrogens is 194 g/mol. The molecule has 4 heteroatoms. The standard InChI is InChI=1S/C11H21NO3/c1-3-10(11(13)14)12(4-2)9-5-7-15-8-6-9/h9-10H,3-8H2,1-2H3,(H,13,14)/t10-/m1/s1. The van der Waals surface area contributed by atoms with Crippen LogP contribution in [0.3, 0.4) is 0 Å². The number of carboxylic acid groups (broad SMARTS) is 1. The lowest BCUT2D eigenvalue weighted by atomic mass is 10.0. The fraction of sp³-hybridized carbons (Fsp3) is 0.909. The molecule has 1 atom stereocenters. The molecule has 88 valence electrons. The first-order valence-electron chi connectivity index (χ1n) is 5.77. The highest BCUT2D eigenvalue weighted by Gasteiger charge is 2.29. The van der Waals surface area contributed by atoms with Crippen molar-refractivity contribution in [1.29, 1.82) is 0 Å². The van der Waals surface area contributed by atoms with E-state index < -0.39 is 5.97 Å². The van der Waals surface area contributed by atoms with Crippen molar-refractivity contribution >= 4 is 5.97 Å². The summed E-state index contributed by atoms with van der Waals surface area (Å²) in [6, 6.07) is 0.0444. The van der Waals surface area contributed by atoms with Gasteiger partial charge in [-0.15, -0.1) is 0 Å². The van der Waals surface area contributed by atoms with Gasteiger partial charge in [-0.2, -0.15) is 0 Å². The van der Waals surface area contributed by atoms with Crippen LogP contribution in [0.4, 0.5) is 0 Å². The van der Waals surface area contributed by atoms with Gasteiger partial charge in [-0.05, 0) is 25.8 Å². The highest BCUT2D eigenvalue weighted by Crippen LogP contribution is 2.18. The molecule has 1 saturated heterocycles. The highest BCUT2D eigenvalue weighted by molar-refractivity contribution is 5.73. The third-order valence-electron chi connectivity index (χ3n) is 3.10. The molecular formula is C11H21NO3. The Kier molecular flexibility index (Phi) is 5.05. The molecule has 4 nitrogen and oxygen atoms in total. The molecule has 1 rings (SSSR count). The maximum absolute atomic E-state index is 11.1. The second-order valence-electron chi connectivity index (χ2n) is 3.94. The van der Waals surface area contributed by atoms with Crippen molar-refractivity contribution in [3.63, 3.8) is 0 Å². The zero-order valence-electron chi connectivity index (χ0n) is 9.61. The van der Waals surface area contributed by atoms with Gasteiger partial charge in [0.1, 0.15) is 6.04 Å². The summed E-state index contributed by atoms with van der Waals surface area (Å²) < 4.78 is 5.29. The number of carbonyl (C=O) groups is 1. The molecule has 0 saturated carbocycles. The number of ether oxygens (including phenoxy) is 1. The van der Waals surface area contributed by atoms with Crippen LogP contribution in [0.15, 0.2) is 0 Å². The summed E-state index contributed by atoms with van der Waals surface area (Å²) in [5.74, 6) is -0.703. The minimum absolute atomic E-state index is 0.335. The molecule has 1 heterocycles. The van der Waals surface area contributed by atoms with Gasteiger partial charge in [-0.25, -0.2) is 0 Å². The van der Waals surface area contributed by atoms with E-state index in [2.05, 4.69) is 4.90 Å². The predicted molar refractivity (Wildman–Crippen MR) is 57.9 cm³/mol. The maximum atomic E-state index is 11.1. The van der Waals surface area contributed by atoms with E-state index in [1.54, 1.807) is 0 Å². The van der Waals surface area contributed by atoms with E-state index in [1.807, 2.05) is 13.8 Å². The molecule has 0 aromatic rings. The van der Waals surface area contributed by atoms with Gasteiger partial charge in [0.25, 0.3) is 0 Å². The molecule has 0 amide bonds. The van der Waals surface area contributed by atoms with Crippen molar-refractivity contribution in [2.24, 2.45) is 0 Å². The third-order valence-corrected chi connectivity index (χ3v) is 3.10. The van der Waals surface area contributed by atoms with Gasteiger partial charge in [0.05, 0.1) is 0 Å². The third kappa shape index (κ3) is 3.18. The van der Waals surface area contributed by atoms with Gasteiger partial charge in [0, 0.05) is 19.3 Å². The first-order valence-corrected chi connectivity index (χ1v) is 5.77. The van der Waals surface area contributed by atoms with E-state index in [1.165, 1.54) is 0 Å². The highest BCUT2D eigenvalue weighted by atomic mass is 16.5. The summed E-state index contributed by atoms with van der Waals surface area (Å²) in [6.45, 7) is 6.28. The second-order valence-corrected chi connectivity index (χ2v) is 3.94. The summed E-state index contributed by atoms with van der Waals surface area (Å²) in [7, 11) is 0. The maximum Gasteiger partial charge on any atom is 0.320 e. The van der Waals surface area contributed by atoms with Crippen LogP contribution in [0, 0.1) is 0 Å². The summed E-state index contributed by atoms with van der Waals surface area (Å²) in [4.78, 5) is 13.2. The van der Waals surface area contributed by atoms with Crippen LogP contribution in [-0.4, -0.2) is 47.8 Å². The van der Waals surface area contributed by atoms with E-state index in [4.69, 9.17) is 9.84 Å². The fourth-order valence-electron chi connectivity index (χ4n) is 2.30. The van der Waals surface area contributed by atoms with Crippen LogP contribution >= 0.6 is 0 Å². The Bertz CT molecular complexity index is 202. The lowest BCUT2D eigenvalue weighted by Gasteiger charge is -2.36. The summed E-state index contributed by atoms with van der Waals surface area (Å²) in [5.41, 5.74) is 0. The monoisotopic (exact) mass is 215 g/mol. The Morgan fingerprint density at radius 1 is 1.47 bits per heavy atom. The van der Waals surface area contributed by atoms with Crippen molar-refractivity contribution in [1.82, 2.24) is 4.90 Å². The van der Waals surface area contributed by atoms with Crippen molar-refractivity contribution < 1.29 is 14.6 Å². The number of carboxylic acids is 1. The second kappa shape index (κ2) is 6.08. The molecule has 0 radical (unpaired) electrons. The van der Waals surface area contributed by atoms with Crippen molar-refractivity contribution in [2.75, 3.05) is 19.8 Å². The Labute approximate surface area is 91.2 Å². The molecule has 1 aliphatic rings. The van der Waals surface area contributed by atoms with Gasteiger partial charge in [0.2, 0.25) is 0 Å². The molecule has 0 unspecified atom stereocenters. The number of aliphatic carboxylic acids is 1. The minimum atomic E-state index is -0.703. The average Bonchev–Trinajstić information content (AvgIpc) is 2.26. The first-order chi connectivity index (χ1) is 7.20. The first kappa shape index (κ1) is 12.5. The van der Waals surface area contributed by atoms with Crippen LogP contribution in [0.1, 0.15) is 33.1 Å². The Hall–Kier alpha value is -0.610. The van der Waals surface area contributed by atoms with E-state index >= 15 is 0 Å². The molecule has 15 heavy (non-hydrogen) atoms. The quantitative estimate of drug-likeness (QED) is 0.752. The van der Waals surface area contributed by atoms with E-state index in [9.17, 15) is 4.79 Å². The smallest absolute Gasteiger partial charge is 0.320 e.